The summed E-state index contributed by atoms with van der Waals surface area (Å²) in [7, 11) is 1.46. The molecule has 0 amide bonds. The van der Waals surface area contributed by atoms with Crippen molar-refractivity contribution >= 4 is 28.6 Å². The number of aromatic carboxylic acids is 1. The normalized spacial score (nSPS) is 9.50. The van der Waals surface area contributed by atoms with Gasteiger partial charge in [0, 0.05) is 3.57 Å². The quantitative estimate of drug-likeness (QED) is 0.841. The first-order valence-corrected chi connectivity index (χ1v) is 4.30. The second-order valence-electron chi connectivity index (χ2n) is 2.12. The lowest BCUT2D eigenvalue weighted by atomic mass is 10.2. The minimum absolute atomic E-state index is 0.223. The molecule has 0 fully saturated rings. The van der Waals surface area contributed by atoms with Crippen LogP contribution in [0.1, 0.15) is 10.4 Å². The van der Waals surface area contributed by atoms with Gasteiger partial charge in [-0.15, -0.1) is 0 Å². The first-order valence-electron chi connectivity index (χ1n) is 3.22. The summed E-state index contributed by atoms with van der Waals surface area (Å²) in [6.07, 6.45) is 0. The molecule has 0 radical (unpaired) electrons. The number of carboxylic acid groups (broad SMARTS) is 1. The molecule has 0 heterocycles. The van der Waals surface area contributed by atoms with Crippen molar-refractivity contribution in [2.24, 2.45) is 0 Å². The van der Waals surface area contributed by atoms with Gasteiger partial charge in [-0.1, -0.05) is 6.07 Å². The molecule has 1 N–H and O–H groups in total. The van der Waals surface area contributed by atoms with Crippen molar-refractivity contribution in [2.75, 3.05) is 7.11 Å². The van der Waals surface area contributed by atoms with Gasteiger partial charge in [-0.25, -0.2) is 4.79 Å². The third-order valence-electron chi connectivity index (χ3n) is 1.41. The lowest BCUT2D eigenvalue weighted by Crippen LogP contribution is -2.02. The first-order chi connectivity index (χ1) is 5.66. The zero-order chi connectivity index (χ0) is 9.14. The van der Waals surface area contributed by atoms with Crippen LogP contribution in [0.3, 0.4) is 0 Å². The van der Waals surface area contributed by atoms with E-state index in [1.165, 1.54) is 7.11 Å². The predicted molar refractivity (Wildman–Crippen MR) is 52.7 cm³/mol. The van der Waals surface area contributed by atoms with Crippen molar-refractivity contribution in [2.45, 2.75) is 0 Å². The van der Waals surface area contributed by atoms with Gasteiger partial charge in [0.1, 0.15) is 11.3 Å². The number of ether oxygens (including phenoxy) is 1. The van der Waals surface area contributed by atoms with Gasteiger partial charge in [0.15, 0.2) is 0 Å². The smallest absolute Gasteiger partial charge is 0.340 e. The van der Waals surface area contributed by atoms with E-state index in [9.17, 15) is 4.79 Å². The summed E-state index contributed by atoms with van der Waals surface area (Å²) in [5.74, 6) is -0.564. The Kier molecular flexibility index (Phi) is 2.91. The Morgan fingerprint density at radius 3 is 2.67 bits per heavy atom. The Bertz CT molecular complexity index is 309. The van der Waals surface area contributed by atoms with Gasteiger partial charge < -0.3 is 9.84 Å². The molecule has 4 heteroatoms. The minimum Gasteiger partial charge on any atom is -0.496 e. The fraction of sp³-hybridized carbons (Fsp3) is 0.125. The first kappa shape index (κ1) is 9.31. The van der Waals surface area contributed by atoms with Gasteiger partial charge in [-0.3, -0.25) is 0 Å². The Morgan fingerprint density at radius 1 is 1.58 bits per heavy atom. The summed E-state index contributed by atoms with van der Waals surface area (Å²) >= 11 is 1.96. The lowest BCUT2D eigenvalue weighted by molar-refractivity contribution is 0.0692. The monoisotopic (exact) mass is 278 g/mol. The van der Waals surface area contributed by atoms with Crippen LogP contribution in [0.4, 0.5) is 0 Å². The minimum atomic E-state index is -0.961. The second kappa shape index (κ2) is 3.75. The average molecular weight is 278 g/mol. The number of carbonyl (C=O) groups is 1. The number of halogens is 1. The van der Waals surface area contributed by atoms with Crippen LogP contribution < -0.4 is 4.74 Å². The molecule has 64 valence electrons. The molecule has 0 aliphatic carbocycles. The number of rotatable bonds is 2. The van der Waals surface area contributed by atoms with Gasteiger partial charge in [0.2, 0.25) is 0 Å². The maximum Gasteiger partial charge on any atom is 0.340 e. The average Bonchev–Trinajstić information content (AvgIpc) is 2.03. The summed E-state index contributed by atoms with van der Waals surface area (Å²) in [5.41, 5.74) is 0.223. The molecule has 0 aliphatic heterocycles. The molecule has 12 heavy (non-hydrogen) atoms. The Balaban J connectivity index is 3.29. The fourth-order valence-electron chi connectivity index (χ4n) is 0.882. The van der Waals surface area contributed by atoms with Crippen molar-refractivity contribution < 1.29 is 14.6 Å². The Labute approximate surface area is 83.5 Å². The van der Waals surface area contributed by atoms with E-state index in [-0.39, 0.29) is 5.56 Å². The molecule has 3 nitrogen and oxygen atoms in total. The lowest BCUT2D eigenvalue weighted by Gasteiger charge is -2.05. The molecule has 1 rings (SSSR count). The van der Waals surface area contributed by atoms with Crippen LogP contribution >= 0.6 is 22.6 Å². The van der Waals surface area contributed by atoms with Gasteiger partial charge in [-0.05, 0) is 34.7 Å². The summed E-state index contributed by atoms with van der Waals surface area (Å²) in [4.78, 5) is 10.7. The fourth-order valence-corrected chi connectivity index (χ4v) is 1.59. The van der Waals surface area contributed by atoms with Gasteiger partial charge in [0.25, 0.3) is 0 Å². The molecule has 0 aliphatic rings. The third-order valence-corrected chi connectivity index (χ3v) is 2.31. The van der Waals surface area contributed by atoms with Crippen molar-refractivity contribution in [3.63, 3.8) is 0 Å². The molecule has 0 saturated carbocycles. The van der Waals surface area contributed by atoms with Gasteiger partial charge in [0.05, 0.1) is 7.11 Å². The van der Waals surface area contributed by atoms with Crippen LogP contribution in [-0.2, 0) is 0 Å². The summed E-state index contributed by atoms with van der Waals surface area (Å²) in [6.45, 7) is 0. The molecule has 0 atom stereocenters. The SMILES string of the molecule is COc1cccc(I)c1C(=O)O. The van der Waals surface area contributed by atoms with Crippen molar-refractivity contribution in [3.05, 3.63) is 27.3 Å². The maximum atomic E-state index is 10.7. The highest BCUT2D eigenvalue weighted by atomic mass is 127. The zero-order valence-electron chi connectivity index (χ0n) is 6.37. The largest absolute Gasteiger partial charge is 0.496 e. The number of hydrogen-bond acceptors (Lipinski definition) is 2. The zero-order valence-corrected chi connectivity index (χ0v) is 8.53. The maximum absolute atomic E-state index is 10.7. The van der Waals surface area contributed by atoms with Crippen LogP contribution in [0.25, 0.3) is 0 Å². The van der Waals surface area contributed by atoms with Crippen LogP contribution in [0.5, 0.6) is 5.75 Å². The number of benzene rings is 1. The topological polar surface area (TPSA) is 46.5 Å². The van der Waals surface area contributed by atoms with Crippen molar-refractivity contribution in [1.29, 1.82) is 0 Å². The van der Waals surface area contributed by atoms with Crippen molar-refractivity contribution in [3.8, 4) is 5.75 Å². The molecule has 0 spiro atoms. The van der Waals surface area contributed by atoms with E-state index >= 15 is 0 Å². The number of hydrogen-bond donors (Lipinski definition) is 1. The second-order valence-corrected chi connectivity index (χ2v) is 3.28. The van der Waals surface area contributed by atoms with Crippen LogP contribution in [-0.4, -0.2) is 18.2 Å². The standard InChI is InChI=1S/C8H7IO3/c1-12-6-4-2-3-5(9)7(6)8(10)11/h2-4H,1H3,(H,10,11). The Morgan fingerprint density at radius 2 is 2.25 bits per heavy atom. The molecular formula is C8H7IO3. The third kappa shape index (κ3) is 1.69. The Hall–Kier alpha value is -0.780. The van der Waals surface area contributed by atoms with Gasteiger partial charge in [-0.2, -0.15) is 0 Å². The van der Waals surface area contributed by atoms with E-state index in [4.69, 9.17) is 9.84 Å². The molecule has 0 bridgehead atoms. The van der Waals surface area contributed by atoms with E-state index in [1.807, 2.05) is 22.6 Å². The molecule has 1 aromatic carbocycles. The van der Waals surface area contributed by atoms with E-state index in [0.717, 1.165) is 0 Å². The highest BCUT2D eigenvalue weighted by Crippen LogP contribution is 2.23. The highest BCUT2D eigenvalue weighted by molar-refractivity contribution is 14.1. The van der Waals surface area contributed by atoms with Crippen LogP contribution in [0.2, 0.25) is 0 Å². The number of carboxylic acids is 1. The highest BCUT2D eigenvalue weighted by Gasteiger charge is 2.13. The van der Waals surface area contributed by atoms with Gasteiger partial charge >= 0.3 is 5.97 Å². The van der Waals surface area contributed by atoms with E-state index in [1.54, 1.807) is 18.2 Å². The molecule has 0 aromatic heterocycles. The molecule has 0 unspecified atom stereocenters. The molecule has 1 aromatic rings. The predicted octanol–water partition coefficient (Wildman–Crippen LogP) is 2.00. The van der Waals surface area contributed by atoms with E-state index in [0.29, 0.717) is 9.32 Å². The van der Waals surface area contributed by atoms with E-state index < -0.39 is 5.97 Å². The van der Waals surface area contributed by atoms with Crippen LogP contribution in [0.15, 0.2) is 18.2 Å². The summed E-state index contributed by atoms with van der Waals surface area (Å²) < 4.78 is 5.58. The molecule has 0 saturated heterocycles. The van der Waals surface area contributed by atoms with Crippen LogP contribution in [0, 0.1) is 3.57 Å². The van der Waals surface area contributed by atoms with E-state index in [2.05, 4.69) is 0 Å². The molecular weight excluding hydrogens is 271 g/mol. The summed E-state index contributed by atoms with van der Waals surface area (Å²) in [5, 5.41) is 8.79. The summed E-state index contributed by atoms with van der Waals surface area (Å²) in [6, 6.07) is 5.12. The number of methoxy groups -OCH3 is 1. The van der Waals surface area contributed by atoms with Crippen molar-refractivity contribution in [1.82, 2.24) is 0 Å².